The standard InChI is InChI=1S/C8H5F2IN2O/c9-7(10)5-3-4(1-2-12)13-8(14)6(5)11/h3,7H,1H2,(H,13,14). The van der Waals surface area contributed by atoms with E-state index in [2.05, 4.69) is 4.98 Å². The molecule has 0 spiro atoms. The third-order valence-corrected chi connectivity index (χ3v) is 2.67. The Morgan fingerprint density at radius 2 is 2.29 bits per heavy atom. The van der Waals surface area contributed by atoms with E-state index in [0.29, 0.717) is 0 Å². The van der Waals surface area contributed by atoms with Crippen molar-refractivity contribution in [1.29, 1.82) is 5.26 Å². The van der Waals surface area contributed by atoms with Crippen LogP contribution >= 0.6 is 22.6 Å². The molecule has 0 radical (unpaired) electrons. The number of aromatic nitrogens is 1. The third kappa shape index (κ3) is 2.29. The van der Waals surface area contributed by atoms with Crippen molar-refractivity contribution < 1.29 is 8.78 Å². The Morgan fingerprint density at radius 1 is 1.64 bits per heavy atom. The Labute approximate surface area is 91.9 Å². The lowest BCUT2D eigenvalue weighted by atomic mass is 10.2. The molecule has 0 aliphatic rings. The van der Waals surface area contributed by atoms with Gasteiger partial charge in [-0.15, -0.1) is 0 Å². The van der Waals surface area contributed by atoms with Crippen molar-refractivity contribution in [2.45, 2.75) is 12.8 Å². The molecule has 1 rings (SSSR count). The van der Waals surface area contributed by atoms with Crippen LogP contribution in [0.25, 0.3) is 0 Å². The molecule has 0 saturated heterocycles. The smallest absolute Gasteiger partial charge is 0.265 e. The first kappa shape index (κ1) is 11.1. The van der Waals surface area contributed by atoms with Crippen LogP contribution < -0.4 is 5.56 Å². The summed E-state index contributed by atoms with van der Waals surface area (Å²) in [6.07, 6.45) is -2.77. The van der Waals surface area contributed by atoms with E-state index in [0.717, 1.165) is 6.07 Å². The highest BCUT2D eigenvalue weighted by Crippen LogP contribution is 2.22. The second-order valence-electron chi connectivity index (χ2n) is 2.53. The number of nitrogens with one attached hydrogen (secondary N) is 1. The number of nitrogens with zero attached hydrogens (tertiary/aromatic N) is 1. The highest BCUT2D eigenvalue weighted by molar-refractivity contribution is 14.1. The Kier molecular flexibility index (Phi) is 3.57. The molecule has 1 N–H and O–H groups in total. The van der Waals surface area contributed by atoms with Crippen LogP contribution in [0.3, 0.4) is 0 Å². The fourth-order valence-electron chi connectivity index (χ4n) is 0.958. The maximum absolute atomic E-state index is 12.4. The van der Waals surface area contributed by atoms with Crippen molar-refractivity contribution in [2.75, 3.05) is 0 Å². The maximum atomic E-state index is 12.4. The Hall–Kier alpha value is -0.970. The molecule has 1 aromatic rings. The van der Waals surface area contributed by atoms with E-state index in [1.165, 1.54) is 0 Å². The van der Waals surface area contributed by atoms with Crippen LogP contribution in [0.15, 0.2) is 10.9 Å². The summed E-state index contributed by atoms with van der Waals surface area (Å²) in [7, 11) is 0. The van der Waals surface area contributed by atoms with Crippen molar-refractivity contribution in [1.82, 2.24) is 4.98 Å². The zero-order valence-electron chi connectivity index (χ0n) is 6.85. The minimum Gasteiger partial charge on any atom is -0.324 e. The normalized spacial score (nSPS) is 10.2. The molecule has 0 amide bonds. The molecule has 0 aromatic carbocycles. The van der Waals surface area contributed by atoms with E-state index in [-0.39, 0.29) is 21.2 Å². The lowest BCUT2D eigenvalue weighted by molar-refractivity contribution is 0.150. The van der Waals surface area contributed by atoms with Gasteiger partial charge in [0.15, 0.2) is 0 Å². The summed E-state index contributed by atoms with van der Waals surface area (Å²) in [4.78, 5) is 13.5. The van der Waals surface area contributed by atoms with Gasteiger partial charge in [0, 0.05) is 11.3 Å². The summed E-state index contributed by atoms with van der Waals surface area (Å²) >= 11 is 1.56. The average molecular weight is 310 g/mol. The highest BCUT2D eigenvalue weighted by Gasteiger charge is 2.15. The fourth-order valence-corrected chi connectivity index (χ4v) is 1.48. The summed E-state index contributed by atoms with van der Waals surface area (Å²) < 4.78 is 24.7. The number of H-pyrrole nitrogens is 1. The molecule has 0 unspecified atom stereocenters. The minimum atomic E-state index is -2.69. The molecule has 0 bridgehead atoms. The number of nitriles is 1. The van der Waals surface area contributed by atoms with Crippen molar-refractivity contribution >= 4 is 22.6 Å². The number of hydrogen-bond acceptors (Lipinski definition) is 2. The van der Waals surface area contributed by atoms with Gasteiger partial charge in [0.05, 0.1) is 16.1 Å². The SMILES string of the molecule is N#CCc1cc(C(F)F)c(I)c(=O)[nH]1. The monoisotopic (exact) mass is 310 g/mol. The van der Waals surface area contributed by atoms with Crippen molar-refractivity contribution in [3.63, 3.8) is 0 Å². The Morgan fingerprint density at radius 3 is 2.79 bits per heavy atom. The van der Waals surface area contributed by atoms with E-state index in [9.17, 15) is 13.6 Å². The second kappa shape index (κ2) is 4.50. The lowest BCUT2D eigenvalue weighted by Crippen LogP contribution is -2.15. The zero-order chi connectivity index (χ0) is 10.7. The van der Waals surface area contributed by atoms with Crippen LogP contribution in [-0.2, 0) is 6.42 Å². The quantitative estimate of drug-likeness (QED) is 0.849. The first-order chi connectivity index (χ1) is 6.56. The number of rotatable bonds is 2. The number of pyridine rings is 1. The largest absolute Gasteiger partial charge is 0.324 e. The molecule has 1 aromatic heterocycles. The predicted molar refractivity (Wildman–Crippen MR) is 54.1 cm³/mol. The predicted octanol–water partition coefficient (Wildman–Crippen LogP) is 1.98. The molecule has 6 heteroatoms. The Bertz CT molecular complexity index is 436. The van der Waals surface area contributed by atoms with Crippen molar-refractivity contribution in [2.24, 2.45) is 0 Å². The van der Waals surface area contributed by atoms with Gasteiger partial charge in [-0.25, -0.2) is 8.78 Å². The number of alkyl halides is 2. The van der Waals surface area contributed by atoms with Crippen molar-refractivity contribution in [3.05, 3.63) is 31.2 Å². The molecular weight excluding hydrogens is 305 g/mol. The number of hydrogen-bond donors (Lipinski definition) is 1. The van der Waals surface area contributed by atoms with E-state index in [4.69, 9.17) is 5.26 Å². The summed E-state index contributed by atoms with van der Waals surface area (Å²) in [5.41, 5.74) is -0.679. The Balaban J connectivity index is 3.30. The van der Waals surface area contributed by atoms with Crippen LogP contribution in [0.2, 0.25) is 0 Å². The van der Waals surface area contributed by atoms with Gasteiger partial charge in [0.1, 0.15) is 0 Å². The van der Waals surface area contributed by atoms with Gasteiger partial charge in [-0.3, -0.25) is 4.79 Å². The molecule has 14 heavy (non-hydrogen) atoms. The third-order valence-electron chi connectivity index (χ3n) is 1.56. The molecule has 74 valence electrons. The molecule has 0 atom stereocenters. The van der Waals surface area contributed by atoms with Gasteiger partial charge in [-0.1, -0.05) is 0 Å². The van der Waals surface area contributed by atoms with Gasteiger partial charge in [-0.05, 0) is 28.7 Å². The first-order valence-corrected chi connectivity index (χ1v) is 4.71. The van der Waals surface area contributed by atoms with Crippen LogP contribution in [-0.4, -0.2) is 4.98 Å². The molecule has 1 heterocycles. The van der Waals surface area contributed by atoms with Crippen LogP contribution in [0, 0.1) is 14.9 Å². The zero-order valence-corrected chi connectivity index (χ0v) is 9.01. The van der Waals surface area contributed by atoms with Crippen LogP contribution in [0.5, 0.6) is 0 Å². The summed E-state index contributed by atoms with van der Waals surface area (Å²) in [5.74, 6) is 0. The molecule has 0 saturated carbocycles. The highest BCUT2D eigenvalue weighted by atomic mass is 127. The van der Waals surface area contributed by atoms with E-state index in [1.807, 2.05) is 0 Å². The fraction of sp³-hybridized carbons (Fsp3) is 0.250. The molecule has 0 aliphatic heterocycles. The second-order valence-corrected chi connectivity index (χ2v) is 3.61. The summed E-state index contributed by atoms with van der Waals surface area (Å²) in [6, 6.07) is 2.93. The maximum Gasteiger partial charge on any atom is 0.265 e. The van der Waals surface area contributed by atoms with Gasteiger partial charge in [0.25, 0.3) is 12.0 Å². The summed E-state index contributed by atoms with van der Waals surface area (Å²) in [5, 5.41) is 8.35. The molecule has 0 fully saturated rings. The first-order valence-electron chi connectivity index (χ1n) is 3.63. The van der Waals surface area contributed by atoms with Gasteiger partial charge in [-0.2, -0.15) is 5.26 Å². The van der Waals surface area contributed by atoms with E-state index >= 15 is 0 Å². The van der Waals surface area contributed by atoms with Gasteiger partial charge < -0.3 is 4.98 Å². The molecule has 3 nitrogen and oxygen atoms in total. The van der Waals surface area contributed by atoms with Crippen molar-refractivity contribution in [3.8, 4) is 6.07 Å². The van der Waals surface area contributed by atoms with Crippen LogP contribution in [0.1, 0.15) is 17.7 Å². The minimum absolute atomic E-state index is 0.0284. The van der Waals surface area contributed by atoms with E-state index < -0.39 is 12.0 Å². The topological polar surface area (TPSA) is 56.6 Å². The average Bonchev–Trinajstić information content (AvgIpc) is 2.11. The molecular formula is C8H5F2IN2O. The van der Waals surface area contributed by atoms with E-state index in [1.54, 1.807) is 28.7 Å². The van der Waals surface area contributed by atoms with Gasteiger partial charge in [0.2, 0.25) is 0 Å². The summed E-state index contributed by atoms with van der Waals surface area (Å²) in [6.45, 7) is 0. The lowest BCUT2D eigenvalue weighted by Gasteiger charge is -2.03. The number of aromatic amines is 1. The van der Waals surface area contributed by atoms with Gasteiger partial charge >= 0.3 is 0 Å². The number of halogens is 3. The molecule has 0 aliphatic carbocycles. The van der Waals surface area contributed by atoms with Crippen LogP contribution in [0.4, 0.5) is 8.78 Å².